The first-order valence-corrected chi connectivity index (χ1v) is 11.0. The number of anilines is 2. The average molecular weight is 433 g/mol. The van der Waals surface area contributed by atoms with Crippen molar-refractivity contribution in [1.29, 1.82) is 0 Å². The Morgan fingerprint density at radius 2 is 1.41 bits per heavy atom. The fraction of sp³-hybridized carbons (Fsp3) is 0. The first-order valence-electron chi connectivity index (χ1n) is 10.1. The number of nitrogens with zero attached hydrogens (tertiary/aromatic N) is 2. The highest BCUT2D eigenvalue weighted by molar-refractivity contribution is 7.17. The molecule has 0 radical (unpaired) electrons. The van der Waals surface area contributed by atoms with Gasteiger partial charge in [-0.2, -0.15) is 0 Å². The molecule has 5 aromatic rings. The number of nitrogens with one attached hydrogen (secondary N) is 1. The van der Waals surface area contributed by atoms with Gasteiger partial charge in [0.25, 0.3) is 0 Å². The van der Waals surface area contributed by atoms with E-state index in [4.69, 9.17) is 0 Å². The maximum atomic E-state index is 13.3. The van der Waals surface area contributed by atoms with Gasteiger partial charge in [0, 0.05) is 27.6 Å². The highest BCUT2D eigenvalue weighted by Gasteiger charge is 2.31. The quantitative estimate of drug-likeness (QED) is 0.377. The molecular weight excluding hydrogens is 418 g/mol. The van der Waals surface area contributed by atoms with Crippen molar-refractivity contribution in [1.82, 2.24) is 9.97 Å². The predicted molar refractivity (Wildman–Crippen MR) is 126 cm³/mol. The first-order chi connectivity index (χ1) is 15.7. The Morgan fingerprint density at radius 1 is 0.688 bits per heavy atom. The number of fused-ring (bicyclic) bond motifs is 3. The Labute approximate surface area is 187 Å². The maximum Gasteiger partial charge on any atom is 0.196 e. The van der Waals surface area contributed by atoms with Crippen molar-refractivity contribution < 1.29 is 9.59 Å². The molecule has 1 aliphatic rings. The zero-order chi connectivity index (χ0) is 21.7. The van der Waals surface area contributed by atoms with Crippen molar-refractivity contribution in [3.05, 3.63) is 107 Å². The van der Waals surface area contributed by atoms with Crippen molar-refractivity contribution in [3.8, 4) is 11.1 Å². The number of hydrogen-bond acceptors (Lipinski definition) is 6. The van der Waals surface area contributed by atoms with E-state index in [1.807, 2.05) is 30.3 Å². The summed E-state index contributed by atoms with van der Waals surface area (Å²) in [5.74, 6) is 0.284. The summed E-state index contributed by atoms with van der Waals surface area (Å²) in [7, 11) is 0. The van der Waals surface area contributed by atoms with E-state index in [2.05, 4.69) is 20.7 Å². The second-order valence-electron chi connectivity index (χ2n) is 7.47. The zero-order valence-electron chi connectivity index (χ0n) is 16.7. The van der Waals surface area contributed by atoms with Crippen LogP contribution >= 0.6 is 11.3 Å². The van der Waals surface area contributed by atoms with Crippen LogP contribution in [0.15, 0.2) is 84.5 Å². The maximum absolute atomic E-state index is 13.3. The third-order valence-corrected chi connectivity index (χ3v) is 6.55. The molecule has 0 bridgehead atoms. The Bertz CT molecular complexity index is 1540. The topological polar surface area (TPSA) is 72.0 Å². The lowest BCUT2D eigenvalue weighted by molar-refractivity contribution is 0.0979. The summed E-state index contributed by atoms with van der Waals surface area (Å²) in [6.07, 6.45) is 1.51. The summed E-state index contributed by atoms with van der Waals surface area (Å²) in [6.45, 7) is 0. The second kappa shape index (κ2) is 7.21. The molecule has 3 aromatic carbocycles. The summed E-state index contributed by atoms with van der Waals surface area (Å²) in [5.41, 5.74) is 4.28. The molecule has 0 unspecified atom stereocenters. The van der Waals surface area contributed by atoms with Gasteiger partial charge in [0.05, 0.1) is 16.6 Å². The first kappa shape index (κ1) is 18.6. The summed E-state index contributed by atoms with van der Waals surface area (Å²) in [5, 5.41) is 6.28. The summed E-state index contributed by atoms with van der Waals surface area (Å²) >= 11 is 1.54. The standard InChI is InChI=1S/C26H15N3O2S/c30-23-16-9-4-5-10-17(16)24(31)21-18(23)11-6-12-20(21)29-25-22-19(15-7-2-1-3-8-15)13-32-26(22)28-14-27-25/h1-14H,(H,27,28,29). The van der Waals surface area contributed by atoms with E-state index in [9.17, 15) is 9.59 Å². The predicted octanol–water partition coefficient (Wildman–Crippen LogP) is 5.88. The molecule has 6 rings (SSSR count). The lowest BCUT2D eigenvalue weighted by Crippen LogP contribution is -2.22. The van der Waals surface area contributed by atoms with Crippen LogP contribution in [0.2, 0.25) is 0 Å². The third kappa shape index (κ3) is 2.77. The van der Waals surface area contributed by atoms with Crippen LogP contribution in [0.5, 0.6) is 0 Å². The van der Waals surface area contributed by atoms with E-state index in [-0.39, 0.29) is 11.6 Å². The van der Waals surface area contributed by atoms with E-state index in [1.54, 1.807) is 53.8 Å². The number of ketones is 2. The number of aromatic nitrogens is 2. The van der Waals surface area contributed by atoms with Crippen LogP contribution in [-0.2, 0) is 0 Å². The van der Waals surface area contributed by atoms with Crippen LogP contribution in [0.3, 0.4) is 0 Å². The minimum atomic E-state index is -0.169. The summed E-state index contributed by atoms with van der Waals surface area (Å²) in [6, 6.07) is 22.3. The van der Waals surface area contributed by atoms with Gasteiger partial charge in [-0.15, -0.1) is 11.3 Å². The third-order valence-electron chi connectivity index (χ3n) is 5.66. The molecule has 2 heterocycles. The van der Waals surface area contributed by atoms with Crippen LogP contribution in [0.4, 0.5) is 11.5 Å². The van der Waals surface area contributed by atoms with Gasteiger partial charge in [0.15, 0.2) is 11.6 Å². The molecule has 0 atom stereocenters. The zero-order valence-corrected chi connectivity index (χ0v) is 17.5. The fourth-order valence-corrected chi connectivity index (χ4v) is 5.09. The lowest BCUT2D eigenvalue weighted by atomic mass is 9.83. The number of carbonyl (C=O) groups is 2. The van der Waals surface area contributed by atoms with Gasteiger partial charge in [0.1, 0.15) is 17.0 Å². The molecule has 1 N–H and O–H groups in total. The highest BCUT2D eigenvalue weighted by atomic mass is 32.1. The number of thiophene rings is 1. The monoisotopic (exact) mass is 433 g/mol. The van der Waals surface area contributed by atoms with Crippen LogP contribution in [-0.4, -0.2) is 21.5 Å². The summed E-state index contributed by atoms with van der Waals surface area (Å²) < 4.78 is 0. The van der Waals surface area contributed by atoms with E-state index in [0.29, 0.717) is 33.8 Å². The molecule has 2 aromatic heterocycles. The van der Waals surface area contributed by atoms with Crippen molar-refractivity contribution in [3.63, 3.8) is 0 Å². The molecule has 0 saturated carbocycles. The number of hydrogen-bond donors (Lipinski definition) is 1. The average Bonchev–Trinajstić information content (AvgIpc) is 3.28. The minimum absolute atomic E-state index is 0.146. The SMILES string of the molecule is O=C1c2ccccc2C(=O)c2c(Nc3ncnc4scc(-c5ccccc5)c34)cccc21. The van der Waals surface area contributed by atoms with Gasteiger partial charge in [-0.1, -0.05) is 66.7 Å². The molecule has 0 aliphatic heterocycles. The molecule has 1 aliphatic carbocycles. The largest absolute Gasteiger partial charge is 0.339 e. The van der Waals surface area contributed by atoms with Gasteiger partial charge in [0.2, 0.25) is 0 Å². The van der Waals surface area contributed by atoms with Gasteiger partial charge in [-0.05, 0) is 11.6 Å². The van der Waals surface area contributed by atoms with E-state index < -0.39 is 0 Å². The van der Waals surface area contributed by atoms with Crippen LogP contribution in [0.25, 0.3) is 21.3 Å². The van der Waals surface area contributed by atoms with Crippen molar-refractivity contribution in [2.24, 2.45) is 0 Å². The smallest absolute Gasteiger partial charge is 0.196 e. The van der Waals surface area contributed by atoms with Gasteiger partial charge in [-0.3, -0.25) is 9.59 Å². The molecular formula is C26H15N3O2S. The molecule has 32 heavy (non-hydrogen) atoms. The Hall–Kier alpha value is -4.16. The van der Waals surface area contributed by atoms with Gasteiger partial charge in [-0.25, -0.2) is 9.97 Å². The van der Waals surface area contributed by atoms with Crippen LogP contribution in [0, 0.1) is 0 Å². The normalized spacial score (nSPS) is 12.5. The van der Waals surface area contributed by atoms with Crippen LogP contribution < -0.4 is 5.32 Å². The number of benzene rings is 3. The van der Waals surface area contributed by atoms with E-state index >= 15 is 0 Å². The van der Waals surface area contributed by atoms with E-state index in [1.165, 1.54) is 6.33 Å². The van der Waals surface area contributed by atoms with Crippen LogP contribution in [0.1, 0.15) is 31.8 Å². The second-order valence-corrected chi connectivity index (χ2v) is 8.33. The number of rotatable bonds is 3. The Balaban J connectivity index is 1.51. The molecule has 6 heteroatoms. The molecule has 0 spiro atoms. The summed E-state index contributed by atoms with van der Waals surface area (Å²) in [4.78, 5) is 36.2. The minimum Gasteiger partial charge on any atom is -0.339 e. The Kier molecular flexibility index (Phi) is 4.19. The molecule has 0 saturated heterocycles. The fourth-order valence-electron chi connectivity index (χ4n) is 4.18. The number of carbonyl (C=O) groups excluding carboxylic acids is 2. The van der Waals surface area contributed by atoms with E-state index in [0.717, 1.165) is 21.3 Å². The molecule has 0 amide bonds. The Morgan fingerprint density at radius 3 is 2.22 bits per heavy atom. The van der Waals surface area contributed by atoms with Crippen molar-refractivity contribution >= 4 is 44.6 Å². The molecule has 152 valence electrons. The lowest BCUT2D eigenvalue weighted by Gasteiger charge is -2.20. The van der Waals surface area contributed by atoms with Gasteiger partial charge < -0.3 is 5.32 Å². The van der Waals surface area contributed by atoms with Crippen molar-refractivity contribution in [2.45, 2.75) is 0 Å². The molecule has 5 nitrogen and oxygen atoms in total. The van der Waals surface area contributed by atoms with Crippen molar-refractivity contribution in [2.75, 3.05) is 5.32 Å². The molecule has 0 fully saturated rings. The highest BCUT2D eigenvalue weighted by Crippen LogP contribution is 2.39. The van der Waals surface area contributed by atoms with Gasteiger partial charge >= 0.3 is 0 Å².